The van der Waals surface area contributed by atoms with Gasteiger partial charge in [-0.3, -0.25) is 4.90 Å². The maximum atomic E-state index is 6.01. The van der Waals surface area contributed by atoms with Crippen LogP contribution in [0, 0.1) is 0 Å². The van der Waals surface area contributed by atoms with Crippen LogP contribution in [-0.2, 0) is 13.0 Å². The third-order valence-electron chi connectivity index (χ3n) is 3.91. The quantitative estimate of drug-likeness (QED) is 0.851. The Morgan fingerprint density at radius 2 is 1.76 bits per heavy atom. The molecule has 0 heterocycles. The van der Waals surface area contributed by atoms with E-state index in [9.17, 15) is 0 Å². The predicted molar refractivity (Wildman–Crippen MR) is 93.2 cm³/mol. The summed E-state index contributed by atoms with van der Waals surface area (Å²) < 4.78 is 1.15. The number of rotatable bonds is 6. The van der Waals surface area contributed by atoms with Crippen LogP contribution in [0.15, 0.2) is 53.0 Å². The van der Waals surface area contributed by atoms with Gasteiger partial charge >= 0.3 is 0 Å². The van der Waals surface area contributed by atoms with Crippen molar-refractivity contribution in [2.24, 2.45) is 5.73 Å². The average Bonchev–Trinajstić information content (AvgIpc) is 2.51. The summed E-state index contributed by atoms with van der Waals surface area (Å²) in [4.78, 5) is 2.31. The zero-order valence-corrected chi connectivity index (χ0v) is 14.3. The smallest absolute Gasteiger partial charge is 0.0470 e. The highest BCUT2D eigenvalue weighted by molar-refractivity contribution is 9.10. The van der Waals surface area contributed by atoms with Crippen LogP contribution in [-0.4, -0.2) is 18.5 Å². The fraction of sp³-hybridized carbons (Fsp3) is 0.333. The van der Waals surface area contributed by atoms with Gasteiger partial charge < -0.3 is 5.73 Å². The minimum atomic E-state index is 0.239. The van der Waals surface area contributed by atoms with Gasteiger partial charge in [0.1, 0.15) is 0 Å². The van der Waals surface area contributed by atoms with Crippen LogP contribution in [0.3, 0.4) is 0 Å². The van der Waals surface area contributed by atoms with Gasteiger partial charge in [0, 0.05) is 23.6 Å². The van der Waals surface area contributed by atoms with E-state index in [1.165, 1.54) is 16.7 Å². The summed E-state index contributed by atoms with van der Waals surface area (Å²) in [6.07, 6.45) is 1.07. The van der Waals surface area contributed by atoms with Gasteiger partial charge in [-0.2, -0.15) is 0 Å². The van der Waals surface area contributed by atoms with Crippen LogP contribution < -0.4 is 5.73 Å². The lowest BCUT2D eigenvalue weighted by atomic mass is 10.0. The molecule has 0 bridgehead atoms. The molecule has 0 aliphatic heterocycles. The normalized spacial score (nSPS) is 12.6. The van der Waals surface area contributed by atoms with Crippen LogP contribution in [0.25, 0.3) is 0 Å². The van der Waals surface area contributed by atoms with Gasteiger partial charge in [-0.25, -0.2) is 0 Å². The van der Waals surface area contributed by atoms with E-state index < -0.39 is 0 Å². The van der Waals surface area contributed by atoms with Crippen molar-refractivity contribution in [3.8, 4) is 0 Å². The molecular formula is C18H23BrN2. The molecule has 2 aromatic rings. The lowest BCUT2D eigenvalue weighted by Gasteiger charge is -2.28. The Kier molecular flexibility index (Phi) is 5.97. The van der Waals surface area contributed by atoms with Crippen molar-refractivity contribution in [1.82, 2.24) is 4.90 Å². The molecule has 0 aliphatic rings. The van der Waals surface area contributed by atoms with Gasteiger partial charge in [0.25, 0.3) is 0 Å². The molecule has 2 rings (SSSR count). The van der Waals surface area contributed by atoms with Crippen molar-refractivity contribution in [2.75, 3.05) is 13.6 Å². The van der Waals surface area contributed by atoms with Gasteiger partial charge in [-0.1, -0.05) is 65.3 Å². The van der Waals surface area contributed by atoms with Crippen molar-refractivity contribution in [1.29, 1.82) is 0 Å². The van der Waals surface area contributed by atoms with Gasteiger partial charge in [0.15, 0.2) is 0 Å². The Hall–Kier alpha value is -1.16. The van der Waals surface area contributed by atoms with Crippen LogP contribution in [0.2, 0.25) is 0 Å². The average molecular weight is 347 g/mol. The van der Waals surface area contributed by atoms with Crippen LogP contribution in [0.5, 0.6) is 0 Å². The first-order chi connectivity index (χ1) is 10.2. The Morgan fingerprint density at radius 3 is 2.33 bits per heavy atom. The summed E-state index contributed by atoms with van der Waals surface area (Å²) in [6, 6.07) is 17.4. The first-order valence-electron chi connectivity index (χ1n) is 7.38. The molecule has 0 aromatic heterocycles. The maximum Gasteiger partial charge on any atom is 0.0470 e. The number of halogens is 1. The molecular weight excluding hydrogens is 324 g/mol. The molecule has 21 heavy (non-hydrogen) atoms. The zero-order chi connectivity index (χ0) is 15.2. The second-order valence-electron chi connectivity index (χ2n) is 5.35. The second kappa shape index (κ2) is 7.74. The third kappa shape index (κ3) is 4.16. The number of nitrogens with zero attached hydrogens (tertiary/aromatic N) is 1. The van der Waals surface area contributed by atoms with E-state index >= 15 is 0 Å². The van der Waals surface area contributed by atoms with Crippen LogP contribution in [0.1, 0.15) is 29.7 Å². The molecule has 2 N–H and O–H groups in total. The molecule has 1 unspecified atom stereocenters. The van der Waals surface area contributed by atoms with E-state index in [-0.39, 0.29) is 6.04 Å². The Balaban J connectivity index is 2.14. The summed E-state index contributed by atoms with van der Waals surface area (Å²) in [6.45, 7) is 3.67. The van der Waals surface area contributed by atoms with Gasteiger partial charge in [-0.15, -0.1) is 0 Å². The fourth-order valence-corrected chi connectivity index (χ4v) is 2.96. The number of hydrogen-bond donors (Lipinski definition) is 1. The van der Waals surface area contributed by atoms with Crippen LogP contribution in [0.4, 0.5) is 0 Å². The van der Waals surface area contributed by atoms with E-state index in [4.69, 9.17) is 5.73 Å². The number of hydrogen-bond acceptors (Lipinski definition) is 2. The Labute approximate surface area is 136 Å². The molecule has 0 aliphatic carbocycles. The molecule has 0 amide bonds. The van der Waals surface area contributed by atoms with Crippen molar-refractivity contribution in [3.05, 3.63) is 69.7 Å². The highest BCUT2D eigenvalue weighted by Crippen LogP contribution is 2.24. The maximum absolute atomic E-state index is 6.01. The van der Waals surface area contributed by atoms with E-state index in [2.05, 4.69) is 77.3 Å². The Bertz CT molecular complexity index is 566. The van der Waals surface area contributed by atoms with Gasteiger partial charge in [0.05, 0.1) is 0 Å². The van der Waals surface area contributed by atoms with Gasteiger partial charge in [0.2, 0.25) is 0 Å². The highest BCUT2D eigenvalue weighted by Gasteiger charge is 2.16. The number of likely N-dealkylation sites (N-methyl/N-ethyl adjacent to an activating group) is 1. The van der Waals surface area contributed by atoms with Crippen molar-refractivity contribution >= 4 is 15.9 Å². The minimum Gasteiger partial charge on any atom is -0.329 e. The first kappa shape index (κ1) is 16.2. The van der Waals surface area contributed by atoms with E-state index in [1.807, 2.05) is 6.07 Å². The fourth-order valence-electron chi connectivity index (χ4n) is 2.55. The second-order valence-corrected chi connectivity index (χ2v) is 6.21. The Morgan fingerprint density at radius 1 is 1.10 bits per heavy atom. The largest absolute Gasteiger partial charge is 0.329 e. The monoisotopic (exact) mass is 346 g/mol. The number of benzene rings is 2. The number of nitrogens with two attached hydrogens (primary N) is 1. The van der Waals surface area contributed by atoms with Crippen molar-refractivity contribution in [2.45, 2.75) is 25.9 Å². The molecule has 0 saturated heterocycles. The molecule has 2 nitrogen and oxygen atoms in total. The number of aryl methyl sites for hydroxylation is 1. The summed E-state index contributed by atoms with van der Waals surface area (Å²) in [5.74, 6) is 0. The summed E-state index contributed by atoms with van der Waals surface area (Å²) in [5, 5.41) is 0. The van der Waals surface area contributed by atoms with Crippen molar-refractivity contribution < 1.29 is 0 Å². The van der Waals surface area contributed by atoms with E-state index in [1.54, 1.807) is 0 Å². The molecule has 0 saturated carbocycles. The molecule has 2 aromatic carbocycles. The molecule has 0 spiro atoms. The molecule has 1 atom stereocenters. The van der Waals surface area contributed by atoms with Crippen molar-refractivity contribution in [3.63, 3.8) is 0 Å². The lowest BCUT2D eigenvalue weighted by Crippen LogP contribution is -2.30. The summed E-state index contributed by atoms with van der Waals surface area (Å²) >= 11 is 3.61. The van der Waals surface area contributed by atoms with Gasteiger partial charge in [-0.05, 0) is 36.2 Å². The summed E-state index contributed by atoms with van der Waals surface area (Å²) in [7, 11) is 2.13. The van der Waals surface area contributed by atoms with E-state index in [0.29, 0.717) is 6.54 Å². The first-order valence-corrected chi connectivity index (χ1v) is 8.17. The lowest BCUT2D eigenvalue weighted by molar-refractivity contribution is 0.241. The molecule has 112 valence electrons. The SMILES string of the molecule is CCc1ccc(C(CN)N(C)Cc2ccccc2Br)cc1. The van der Waals surface area contributed by atoms with Crippen LogP contribution >= 0.6 is 15.9 Å². The molecule has 3 heteroatoms. The minimum absolute atomic E-state index is 0.239. The predicted octanol–water partition coefficient (Wildman–Crippen LogP) is 4.14. The summed E-state index contributed by atoms with van der Waals surface area (Å²) in [5.41, 5.74) is 9.94. The standard InChI is InChI=1S/C18H23BrN2/c1-3-14-8-10-15(11-9-14)18(12-20)21(2)13-16-6-4-5-7-17(16)19/h4-11,18H,3,12-13,20H2,1-2H3. The topological polar surface area (TPSA) is 29.3 Å². The van der Waals surface area contributed by atoms with E-state index in [0.717, 1.165) is 17.4 Å². The molecule has 0 fully saturated rings. The zero-order valence-electron chi connectivity index (χ0n) is 12.7. The molecule has 0 radical (unpaired) electrons. The third-order valence-corrected chi connectivity index (χ3v) is 4.68. The highest BCUT2D eigenvalue weighted by atomic mass is 79.9.